The maximum atomic E-state index is 12.1. The Morgan fingerprint density at radius 1 is 1.26 bits per heavy atom. The largest absolute Gasteiger partial charge is 0.482 e. The molecule has 1 aliphatic heterocycles. The van der Waals surface area contributed by atoms with Crippen LogP contribution in [0.5, 0.6) is 5.75 Å². The number of thiophene rings is 1. The van der Waals surface area contributed by atoms with Gasteiger partial charge in [0.15, 0.2) is 12.6 Å². The van der Waals surface area contributed by atoms with Crippen LogP contribution in [0.2, 0.25) is 0 Å². The van der Waals surface area contributed by atoms with Crippen molar-refractivity contribution < 1.29 is 9.53 Å². The van der Waals surface area contributed by atoms with Crippen molar-refractivity contribution in [1.82, 2.24) is 10.6 Å². The topological polar surface area (TPSA) is 66.0 Å². The van der Waals surface area contributed by atoms with Gasteiger partial charge in [-0.2, -0.15) is 0 Å². The summed E-state index contributed by atoms with van der Waals surface area (Å²) in [4.78, 5) is 20.8. The number of guanidine groups is 1. The molecule has 0 spiro atoms. The van der Waals surface area contributed by atoms with Crippen molar-refractivity contribution in [2.75, 3.05) is 31.6 Å². The second-order valence-electron chi connectivity index (χ2n) is 6.02. The number of hydrogen-bond acceptors (Lipinski definition) is 4. The van der Waals surface area contributed by atoms with E-state index in [1.54, 1.807) is 23.3 Å². The normalized spacial score (nSPS) is 13.5. The molecule has 6 nitrogen and oxygen atoms in total. The standard InChI is InChI=1S/C19H24N4O2S.HI/c1-14-8-9-15(26-14)12-22-19(20-2)21-10-5-11-23-16-6-3-4-7-17(16)25-13-18(23)24;/h3-4,6-9H,5,10-13H2,1-2H3,(H2,20,21,22);1H. The molecule has 0 atom stereocenters. The molecule has 0 fully saturated rings. The van der Waals surface area contributed by atoms with Crippen LogP contribution in [0.1, 0.15) is 16.2 Å². The Morgan fingerprint density at radius 2 is 2.07 bits per heavy atom. The molecule has 0 saturated carbocycles. The van der Waals surface area contributed by atoms with E-state index in [2.05, 4.69) is 34.7 Å². The Labute approximate surface area is 181 Å². The molecular weight excluding hydrogens is 475 g/mol. The fourth-order valence-electron chi connectivity index (χ4n) is 2.81. The van der Waals surface area contributed by atoms with E-state index in [0.29, 0.717) is 6.54 Å². The lowest BCUT2D eigenvalue weighted by molar-refractivity contribution is -0.121. The third-order valence-corrected chi connectivity index (χ3v) is 5.11. The Balaban J connectivity index is 0.00000261. The molecule has 0 radical (unpaired) electrons. The molecule has 8 heteroatoms. The number of carbonyl (C=O) groups is 1. The van der Waals surface area contributed by atoms with E-state index in [4.69, 9.17) is 4.74 Å². The number of benzene rings is 1. The number of aryl methyl sites for hydroxylation is 1. The lowest BCUT2D eigenvalue weighted by atomic mass is 10.2. The van der Waals surface area contributed by atoms with Gasteiger partial charge in [-0.05, 0) is 37.6 Å². The molecule has 0 saturated heterocycles. The average Bonchev–Trinajstić information content (AvgIpc) is 3.08. The Hall–Kier alpha value is -1.81. The number of carbonyl (C=O) groups excluding carboxylic acids is 1. The predicted molar refractivity (Wildman–Crippen MR) is 122 cm³/mol. The first-order chi connectivity index (χ1) is 12.7. The van der Waals surface area contributed by atoms with Gasteiger partial charge < -0.3 is 20.3 Å². The van der Waals surface area contributed by atoms with Crippen molar-refractivity contribution in [1.29, 1.82) is 0 Å². The van der Waals surface area contributed by atoms with Crippen molar-refractivity contribution >= 4 is 52.9 Å². The number of nitrogens with zero attached hydrogens (tertiary/aromatic N) is 2. The van der Waals surface area contributed by atoms with Crippen molar-refractivity contribution in [3.8, 4) is 5.75 Å². The van der Waals surface area contributed by atoms with Crippen molar-refractivity contribution in [3.05, 3.63) is 46.2 Å². The van der Waals surface area contributed by atoms with E-state index < -0.39 is 0 Å². The van der Waals surface area contributed by atoms with Crippen LogP contribution in [0.3, 0.4) is 0 Å². The summed E-state index contributed by atoms with van der Waals surface area (Å²) in [7, 11) is 1.76. The Bertz CT molecular complexity index is 794. The minimum Gasteiger partial charge on any atom is -0.482 e. The fourth-order valence-corrected chi connectivity index (χ4v) is 3.64. The number of halogens is 1. The van der Waals surface area contributed by atoms with Gasteiger partial charge in [-0.25, -0.2) is 0 Å². The molecule has 0 unspecified atom stereocenters. The number of nitrogens with one attached hydrogen (secondary N) is 2. The van der Waals surface area contributed by atoms with Gasteiger partial charge in [0.05, 0.1) is 12.2 Å². The van der Waals surface area contributed by atoms with E-state index in [9.17, 15) is 4.79 Å². The minimum absolute atomic E-state index is 0. The fraction of sp³-hybridized carbons (Fsp3) is 0.368. The highest BCUT2D eigenvalue weighted by Gasteiger charge is 2.24. The molecule has 1 aromatic heterocycles. The van der Waals surface area contributed by atoms with Crippen LogP contribution in [-0.4, -0.2) is 38.6 Å². The highest BCUT2D eigenvalue weighted by Crippen LogP contribution is 2.31. The third-order valence-electron chi connectivity index (χ3n) is 4.11. The minimum atomic E-state index is -0.000674. The summed E-state index contributed by atoms with van der Waals surface area (Å²) >= 11 is 1.78. The van der Waals surface area contributed by atoms with E-state index in [1.807, 2.05) is 24.3 Å². The summed E-state index contributed by atoms with van der Waals surface area (Å²) in [6, 6.07) is 11.9. The van der Waals surface area contributed by atoms with Crippen LogP contribution in [0.25, 0.3) is 0 Å². The number of anilines is 1. The molecule has 3 rings (SSSR count). The Kier molecular flexibility index (Phi) is 8.36. The van der Waals surface area contributed by atoms with Gasteiger partial charge in [-0.3, -0.25) is 9.79 Å². The van der Waals surface area contributed by atoms with Gasteiger partial charge >= 0.3 is 0 Å². The molecular formula is C19H25IN4O2S. The van der Waals surface area contributed by atoms with Gasteiger partial charge in [0.25, 0.3) is 5.91 Å². The van der Waals surface area contributed by atoms with Crippen LogP contribution >= 0.6 is 35.3 Å². The maximum Gasteiger partial charge on any atom is 0.265 e. The van der Waals surface area contributed by atoms with Crippen LogP contribution in [0.15, 0.2) is 41.4 Å². The summed E-state index contributed by atoms with van der Waals surface area (Å²) in [5.41, 5.74) is 0.847. The summed E-state index contributed by atoms with van der Waals surface area (Å²) in [6.07, 6.45) is 0.818. The monoisotopic (exact) mass is 500 g/mol. The predicted octanol–water partition coefficient (Wildman–Crippen LogP) is 3.16. The summed E-state index contributed by atoms with van der Waals surface area (Å²) in [5.74, 6) is 1.54. The number of fused-ring (bicyclic) bond motifs is 1. The van der Waals surface area contributed by atoms with Crippen LogP contribution in [0, 0.1) is 6.92 Å². The molecule has 2 aromatic rings. The van der Waals surface area contributed by atoms with E-state index in [-0.39, 0.29) is 36.5 Å². The quantitative estimate of drug-likeness (QED) is 0.277. The van der Waals surface area contributed by atoms with Crippen LogP contribution < -0.4 is 20.3 Å². The summed E-state index contributed by atoms with van der Waals surface area (Å²) in [5, 5.41) is 6.61. The molecule has 27 heavy (non-hydrogen) atoms. The van der Waals surface area contributed by atoms with Gasteiger partial charge in [0.2, 0.25) is 0 Å². The Morgan fingerprint density at radius 3 is 2.81 bits per heavy atom. The van der Waals surface area contributed by atoms with Gasteiger partial charge in [-0.1, -0.05) is 12.1 Å². The molecule has 2 N–H and O–H groups in total. The van der Waals surface area contributed by atoms with Crippen molar-refractivity contribution in [2.45, 2.75) is 19.9 Å². The molecule has 1 aromatic carbocycles. The highest BCUT2D eigenvalue weighted by atomic mass is 127. The number of aliphatic imine (C=N–C) groups is 1. The van der Waals surface area contributed by atoms with E-state index in [1.165, 1.54) is 9.75 Å². The number of hydrogen-bond donors (Lipinski definition) is 2. The second kappa shape index (κ2) is 10.5. The molecule has 146 valence electrons. The first-order valence-electron chi connectivity index (χ1n) is 8.69. The second-order valence-corrected chi connectivity index (χ2v) is 7.39. The zero-order valence-corrected chi connectivity index (χ0v) is 18.7. The first kappa shape index (κ1) is 21.5. The third kappa shape index (κ3) is 5.83. The smallest absolute Gasteiger partial charge is 0.265 e. The molecule has 1 amide bonds. The van der Waals surface area contributed by atoms with E-state index in [0.717, 1.165) is 36.9 Å². The zero-order valence-electron chi connectivity index (χ0n) is 15.5. The zero-order chi connectivity index (χ0) is 18.4. The molecule has 0 bridgehead atoms. The summed E-state index contributed by atoms with van der Waals surface area (Å²) < 4.78 is 5.47. The number of ether oxygens (including phenoxy) is 1. The van der Waals surface area contributed by atoms with Crippen molar-refractivity contribution in [3.63, 3.8) is 0 Å². The highest BCUT2D eigenvalue weighted by molar-refractivity contribution is 14.0. The van der Waals surface area contributed by atoms with Crippen molar-refractivity contribution in [2.24, 2.45) is 4.99 Å². The molecule has 2 heterocycles. The van der Waals surface area contributed by atoms with E-state index >= 15 is 0 Å². The van der Waals surface area contributed by atoms with Gasteiger partial charge in [0.1, 0.15) is 5.75 Å². The number of amides is 1. The summed E-state index contributed by atoms with van der Waals surface area (Å²) in [6.45, 7) is 4.34. The van der Waals surface area contributed by atoms with Crippen LogP contribution in [0.4, 0.5) is 5.69 Å². The molecule has 0 aliphatic carbocycles. The maximum absolute atomic E-state index is 12.1. The number of rotatable bonds is 6. The average molecular weight is 500 g/mol. The lowest BCUT2D eigenvalue weighted by Crippen LogP contribution is -2.41. The van der Waals surface area contributed by atoms with Gasteiger partial charge in [0, 0.05) is 29.9 Å². The first-order valence-corrected chi connectivity index (χ1v) is 9.51. The lowest BCUT2D eigenvalue weighted by Gasteiger charge is -2.29. The van der Waals surface area contributed by atoms with Crippen LogP contribution in [-0.2, 0) is 11.3 Å². The van der Waals surface area contributed by atoms with Gasteiger partial charge in [-0.15, -0.1) is 35.3 Å². The molecule has 1 aliphatic rings. The number of para-hydroxylation sites is 2. The SMILES string of the molecule is CN=C(NCCCN1C(=O)COc2ccccc21)NCc1ccc(C)s1.I.